The van der Waals surface area contributed by atoms with Gasteiger partial charge in [0.05, 0.1) is 5.56 Å². The van der Waals surface area contributed by atoms with E-state index in [4.69, 9.17) is 9.47 Å². The van der Waals surface area contributed by atoms with Crippen molar-refractivity contribution in [2.75, 3.05) is 0 Å². The number of carbonyl (C=O) groups is 1. The number of phenolic OH excluding ortho intramolecular Hbond substituents is 2. The number of hydrogen-bond donors (Lipinski definition) is 2. The van der Waals surface area contributed by atoms with Crippen LogP contribution in [0, 0.1) is 0 Å². The van der Waals surface area contributed by atoms with Crippen molar-refractivity contribution >= 4 is 37.8 Å². The van der Waals surface area contributed by atoms with Gasteiger partial charge in [-0.05, 0) is 52.3 Å². The fourth-order valence-electron chi connectivity index (χ4n) is 3.71. The molecule has 0 aliphatic carbocycles. The Labute approximate surface area is 170 Å². The van der Waals surface area contributed by atoms with E-state index in [0.29, 0.717) is 38.2 Å². The van der Waals surface area contributed by atoms with Crippen molar-refractivity contribution in [1.82, 2.24) is 0 Å². The van der Waals surface area contributed by atoms with E-state index in [1.54, 1.807) is 18.2 Å². The van der Waals surface area contributed by atoms with E-state index >= 15 is 0 Å². The largest absolute Gasteiger partial charge is 0.508 e. The SMILES string of the molecule is O=C1OC2(c3ccc(O)cc3Oc3c2ccc(O)c3Br)c2ccc(Br)cc21. The van der Waals surface area contributed by atoms with Crippen LogP contribution in [-0.4, -0.2) is 16.2 Å². The Hall–Kier alpha value is -2.51. The number of carbonyl (C=O) groups excluding carboxylic acids is 1. The molecule has 0 saturated heterocycles. The molecule has 5 nitrogen and oxygen atoms in total. The van der Waals surface area contributed by atoms with Gasteiger partial charge in [-0.2, -0.15) is 0 Å². The van der Waals surface area contributed by atoms with Gasteiger partial charge in [-0.25, -0.2) is 4.79 Å². The number of fused-ring (bicyclic) bond motifs is 6. The summed E-state index contributed by atoms with van der Waals surface area (Å²) < 4.78 is 13.0. The summed E-state index contributed by atoms with van der Waals surface area (Å²) in [5, 5.41) is 20.0. The van der Waals surface area contributed by atoms with E-state index in [1.165, 1.54) is 18.2 Å². The van der Waals surface area contributed by atoms with Crippen LogP contribution < -0.4 is 4.74 Å². The number of phenols is 2. The molecular weight excluding hydrogens is 480 g/mol. The molecule has 1 atom stereocenters. The summed E-state index contributed by atoms with van der Waals surface area (Å²) in [6, 6.07) is 13.2. The average molecular weight is 490 g/mol. The van der Waals surface area contributed by atoms with Gasteiger partial charge in [0.1, 0.15) is 21.7 Å². The van der Waals surface area contributed by atoms with Crippen LogP contribution in [0.4, 0.5) is 0 Å². The predicted molar refractivity (Wildman–Crippen MR) is 103 cm³/mol. The van der Waals surface area contributed by atoms with Crippen LogP contribution in [0.2, 0.25) is 0 Å². The van der Waals surface area contributed by atoms with Crippen molar-refractivity contribution < 1.29 is 24.5 Å². The quantitative estimate of drug-likeness (QED) is 0.425. The molecule has 0 fully saturated rings. The number of hydrogen-bond acceptors (Lipinski definition) is 5. The molecule has 0 saturated carbocycles. The normalized spacial score (nSPS) is 19.1. The molecule has 2 N–H and O–H groups in total. The summed E-state index contributed by atoms with van der Waals surface area (Å²) in [4.78, 5) is 12.7. The highest BCUT2D eigenvalue weighted by Crippen LogP contribution is 2.59. The minimum atomic E-state index is -1.24. The first kappa shape index (κ1) is 16.6. The van der Waals surface area contributed by atoms with Gasteiger partial charge in [-0.1, -0.05) is 22.0 Å². The average Bonchev–Trinajstić information content (AvgIpc) is 2.91. The second-order valence-corrected chi connectivity index (χ2v) is 8.03. The molecule has 7 heteroatoms. The van der Waals surface area contributed by atoms with Gasteiger partial charge in [0.25, 0.3) is 0 Å². The Morgan fingerprint density at radius 3 is 2.44 bits per heavy atom. The number of esters is 1. The maximum absolute atomic E-state index is 12.7. The first-order valence-corrected chi connectivity index (χ1v) is 9.57. The van der Waals surface area contributed by atoms with E-state index in [1.807, 2.05) is 12.1 Å². The van der Waals surface area contributed by atoms with Crippen LogP contribution in [0.25, 0.3) is 0 Å². The lowest BCUT2D eigenvalue weighted by Gasteiger charge is -2.37. The predicted octanol–water partition coefficient (Wildman–Crippen LogP) is 5.19. The van der Waals surface area contributed by atoms with Crippen molar-refractivity contribution in [2.24, 2.45) is 0 Å². The third-order valence-corrected chi connectivity index (χ3v) is 6.10. The zero-order valence-corrected chi connectivity index (χ0v) is 16.7. The van der Waals surface area contributed by atoms with Gasteiger partial charge in [0, 0.05) is 27.2 Å². The molecule has 5 rings (SSSR count). The van der Waals surface area contributed by atoms with Crippen LogP contribution in [0.5, 0.6) is 23.0 Å². The van der Waals surface area contributed by atoms with Crippen LogP contribution in [0.1, 0.15) is 27.0 Å². The first-order chi connectivity index (χ1) is 12.9. The van der Waals surface area contributed by atoms with E-state index in [-0.39, 0.29) is 11.5 Å². The third kappa shape index (κ3) is 2.12. The second-order valence-electron chi connectivity index (χ2n) is 6.32. The molecule has 2 aliphatic rings. The number of benzene rings is 3. The summed E-state index contributed by atoms with van der Waals surface area (Å²) >= 11 is 6.74. The number of halogens is 2. The number of rotatable bonds is 0. The Balaban J connectivity index is 1.93. The molecule has 0 radical (unpaired) electrons. The zero-order chi connectivity index (χ0) is 18.9. The summed E-state index contributed by atoms with van der Waals surface area (Å²) in [5.41, 5.74) is 1.06. The van der Waals surface area contributed by atoms with Crippen molar-refractivity contribution in [1.29, 1.82) is 0 Å². The van der Waals surface area contributed by atoms with Crippen LogP contribution in [0.15, 0.2) is 57.5 Å². The van der Waals surface area contributed by atoms with Gasteiger partial charge in [-0.3, -0.25) is 0 Å². The van der Waals surface area contributed by atoms with Gasteiger partial charge >= 0.3 is 5.97 Å². The summed E-state index contributed by atoms with van der Waals surface area (Å²) in [6.45, 7) is 0. The maximum atomic E-state index is 12.7. The summed E-state index contributed by atoms with van der Waals surface area (Å²) in [6.07, 6.45) is 0. The molecule has 3 aromatic carbocycles. The summed E-state index contributed by atoms with van der Waals surface area (Å²) in [5.74, 6) is 0.230. The molecule has 134 valence electrons. The summed E-state index contributed by atoms with van der Waals surface area (Å²) in [7, 11) is 0. The minimum absolute atomic E-state index is 0.00661. The van der Waals surface area contributed by atoms with E-state index in [0.717, 1.165) is 4.47 Å². The van der Waals surface area contributed by atoms with Crippen LogP contribution in [-0.2, 0) is 10.3 Å². The first-order valence-electron chi connectivity index (χ1n) is 7.98. The number of ether oxygens (including phenoxy) is 2. The minimum Gasteiger partial charge on any atom is -0.508 e. The topological polar surface area (TPSA) is 76.0 Å². The fourth-order valence-corrected chi connectivity index (χ4v) is 4.49. The highest BCUT2D eigenvalue weighted by molar-refractivity contribution is 9.11. The van der Waals surface area contributed by atoms with Crippen LogP contribution >= 0.6 is 31.9 Å². The van der Waals surface area contributed by atoms with Crippen molar-refractivity contribution in [3.8, 4) is 23.0 Å². The molecular formula is C20H10Br2O5. The third-order valence-electron chi connectivity index (χ3n) is 4.84. The molecule has 2 aliphatic heterocycles. The lowest BCUT2D eigenvalue weighted by molar-refractivity contribution is 0.0223. The Kier molecular flexibility index (Phi) is 3.39. The second kappa shape index (κ2) is 5.50. The van der Waals surface area contributed by atoms with Gasteiger partial charge in [-0.15, -0.1) is 0 Å². The molecule has 0 amide bonds. The molecule has 27 heavy (non-hydrogen) atoms. The Bertz CT molecular complexity index is 1160. The van der Waals surface area contributed by atoms with E-state index in [2.05, 4.69) is 31.9 Å². The lowest BCUT2D eigenvalue weighted by atomic mass is 9.77. The van der Waals surface area contributed by atoms with Crippen LogP contribution in [0.3, 0.4) is 0 Å². The molecule has 1 unspecified atom stereocenters. The van der Waals surface area contributed by atoms with Crippen molar-refractivity contribution in [3.05, 3.63) is 79.7 Å². The number of aromatic hydroxyl groups is 2. The van der Waals surface area contributed by atoms with Gasteiger partial charge in [0.2, 0.25) is 0 Å². The Morgan fingerprint density at radius 2 is 1.63 bits per heavy atom. The molecule has 3 aromatic rings. The molecule has 2 heterocycles. The molecule has 0 bridgehead atoms. The van der Waals surface area contributed by atoms with Gasteiger partial charge in [0.15, 0.2) is 11.4 Å². The van der Waals surface area contributed by atoms with Crippen molar-refractivity contribution in [3.63, 3.8) is 0 Å². The highest BCUT2D eigenvalue weighted by Gasteiger charge is 2.54. The monoisotopic (exact) mass is 488 g/mol. The zero-order valence-electron chi connectivity index (χ0n) is 13.5. The van der Waals surface area contributed by atoms with E-state index in [9.17, 15) is 15.0 Å². The molecule has 1 spiro atoms. The van der Waals surface area contributed by atoms with Gasteiger partial charge < -0.3 is 19.7 Å². The van der Waals surface area contributed by atoms with Crippen molar-refractivity contribution in [2.45, 2.75) is 5.60 Å². The highest BCUT2D eigenvalue weighted by atomic mass is 79.9. The Morgan fingerprint density at radius 1 is 0.889 bits per heavy atom. The molecule has 0 aromatic heterocycles. The smallest absolute Gasteiger partial charge is 0.340 e. The van der Waals surface area contributed by atoms with E-state index < -0.39 is 11.6 Å². The standard InChI is InChI=1S/C20H10Br2O5/c21-9-1-3-12-11(7-9)19(25)27-20(12)13-4-2-10(23)8-16(13)26-18-14(20)5-6-15(24)17(18)22/h1-8,23-24H. The fraction of sp³-hybridized carbons (Fsp3) is 0.0500. The maximum Gasteiger partial charge on any atom is 0.340 e. The lowest BCUT2D eigenvalue weighted by Crippen LogP contribution is -2.33.